The average Bonchev–Trinajstić information content (AvgIpc) is 2.68. The minimum absolute atomic E-state index is 0.198. The lowest BCUT2D eigenvalue weighted by Gasteiger charge is -2.12. The number of benzene rings is 3. The Labute approximate surface area is 147 Å². The van der Waals surface area contributed by atoms with Gasteiger partial charge in [0.15, 0.2) is 0 Å². The van der Waals surface area contributed by atoms with E-state index in [9.17, 15) is 4.79 Å². The van der Waals surface area contributed by atoms with Crippen molar-refractivity contribution >= 4 is 17.6 Å². The highest BCUT2D eigenvalue weighted by molar-refractivity contribution is 6.09. The van der Waals surface area contributed by atoms with Crippen LogP contribution in [0.5, 0.6) is 0 Å². The van der Waals surface area contributed by atoms with E-state index in [1.165, 1.54) is 0 Å². The van der Waals surface area contributed by atoms with E-state index >= 15 is 0 Å². The average molecular weight is 329 g/mol. The molecule has 0 aliphatic rings. The van der Waals surface area contributed by atoms with Gasteiger partial charge in [0.1, 0.15) is 0 Å². The van der Waals surface area contributed by atoms with Gasteiger partial charge in [-0.3, -0.25) is 10.1 Å². The molecule has 1 amide bonds. The number of aliphatic imine (C=N–C) groups is 1. The molecule has 124 valence electrons. The number of amides is 1. The lowest BCUT2D eigenvalue weighted by atomic mass is 10.2. The fourth-order valence-corrected chi connectivity index (χ4v) is 2.29. The van der Waals surface area contributed by atoms with Gasteiger partial charge in [0.05, 0.1) is 6.54 Å². The summed E-state index contributed by atoms with van der Waals surface area (Å²) in [5, 5.41) is 6.02. The van der Waals surface area contributed by atoms with Crippen LogP contribution in [-0.4, -0.2) is 11.9 Å². The van der Waals surface area contributed by atoms with Gasteiger partial charge >= 0.3 is 0 Å². The van der Waals surface area contributed by atoms with Crippen LogP contribution in [0.25, 0.3) is 0 Å². The summed E-state index contributed by atoms with van der Waals surface area (Å²) in [6.45, 7) is 0.477. The van der Waals surface area contributed by atoms with Crippen LogP contribution >= 0.6 is 0 Å². The van der Waals surface area contributed by atoms with E-state index in [-0.39, 0.29) is 5.91 Å². The number of nitrogens with zero attached hydrogens (tertiary/aromatic N) is 1. The molecule has 25 heavy (non-hydrogen) atoms. The zero-order valence-corrected chi connectivity index (χ0v) is 13.7. The quantitative estimate of drug-likeness (QED) is 0.560. The van der Waals surface area contributed by atoms with Crippen LogP contribution in [0.3, 0.4) is 0 Å². The zero-order chi connectivity index (χ0) is 17.3. The number of para-hydroxylation sites is 1. The maximum Gasteiger partial charge on any atom is 0.257 e. The first-order valence-corrected chi connectivity index (χ1v) is 8.08. The monoisotopic (exact) mass is 329 g/mol. The molecule has 3 aromatic carbocycles. The van der Waals surface area contributed by atoms with E-state index in [4.69, 9.17) is 0 Å². The van der Waals surface area contributed by atoms with Gasteiger partial charge in [0.2, 0.25) is 5.96 Å². The van der Waals surface area contributed by atoms with Crippen molar-refractivity contribution in [3.63, 3.8) is 0 Å². The Balaban J connectivity index is 1.77. The van der Waals surface area contributed by atoms with Gasteiger partial charge in [-0.1, -0.05) is 66.7 Å². The molecule has 4 nitrogen and oxygen atoms in total. The number of anilines is 1. The van der Waals surface area contributed by atoms with Gasteiger partial charge in [0.25, 0.3) is 5.91 Å². The molecular formula is C21H19N3O. The van der Waals surface area contributed by atoms with Crippen LogP contribution in [0.4, 0.5) is 5.69 Å². The van der Waals surface area contributed by atoms with Crippen LogP contribution in [-0.2, 0) is 6.54 Å². The Kier molecular flexibility index (Phi) is 5.56. The number of rotatable bonds is 4. The molecule has 0 spiro atoms. The van der Waals surface area contributed by atoms with Crippen LogP contribution in [0, 0.1) is 0 Å². The number of carbonyl (C=O) groups excluding carboxylic acids is 1. The van der Waals surface area contributed by atoms with Crippen LogP contribution in [0.2, 0.25) is 0 Å². The number of guanidine groups is 1. The second-order valence-electron chi connectivity index (χ2n) is 5.46. The summed E-state index contributed by atoms with van der Waals surface area (Å²) in [6, 6.07) is 28.6. The molecule has 0 atom stereocenters. The Morgan fingerprint density at radius 1 is 0.760 bits per heavy atom. The van der Waals surface area contributed by atoms with Crippen molar-refractivity contribution in [3.8, 4) is 0 Å². The van der Waals surface area contributed by atoms with E-state index in [1.54, 1.807) is 12.1 Å². The van der Waals surface area contributed by atoms with Crippen LogP contribution in [0.15, 0.2) is 96.0 Å². The maximum absolute atomic E-state index is 12.4. The SMILES string of the molecule is O=C(NC(=NCc1ccccc1)Nc1ccccc1)c1ccccc1. The number of carbonyl (C=O) groups is 1. The first-order valence-electron chi connectivity index (χ1n) is 8.08. The third-order valence-electron chi connectivity index (χ3n) is 3.57. The van der Waals surface area contributed by atoms with E-state index in [1.807, 2.05) is 78.9 Å². The van der Waals surface area contributed by atoms with E-state index in [0.29, 0.717) is 18.1 Å². The third kappa shape index (κ3) is 5.04. The smallest absolute Gasteiger partial charge is 0.257 e. The highest BCUT2D eigenvalue weighted by Gasteiger charge is 2.08. The van der Waals surface area contributed by atoms with Gasteiger partial charge in [-0.15, -0.1) is 0 Å². The molecular weight excluding hydrogens is 310 g/mol. The topological polar surface area (TPSA) is 53.5 Å². The Morgan fingerprint density at radius 3 is 1.96 bits per heavy atom. The predicted octanol–water partition coefficient (Wildman–Crippen LogP) is 4.08. The standard InChI is InChI=1S/C21H19N3O/c25-20(18-12-6-2-7-13-18)24-21(23-19-14-8-3-9-15-19)22-16-17-10-4-1-5-11-17/h1-15H,16H2,(H2,22,23,24,25). The number of nitrogens with one attached hydrogen (secondary N) is 2. The predicted molar refractivity (Wildman–Crippen MR) is 102 cm³/mol. The van der Waals surface area contributed by atoms with Crippen LogP contribution < -0.4 is 10.6 Å². The molecule has 0 saturated carbocycles. The molecule has 0 radical (unpaired) electrons. The molecule has 2 N–H and O–H groups in total. The normalized spacial score (nSPS) is 11.0. The second kappa shape index (κ2) is 8.45. The Hall–Kier alpha value is -3.40. The highest BCUT2D eigenvalue weighted by Crippen LogP contribution is 2.07. The largest absolute Gasteiger partial charge is 0.326 e. The molecule has 0 aliphatic carbocycles. The first-order chi connectivity index (χ1) is 12.3. The number of hydrogen-bond donors (Lipinski definition) is 2. The molecule has 3 rings (SSSR count). The summed E-state index contributed by atoms with van der Waals surface area (Å²) in [5.74, 6) is 0.222. The summed E-state index contributed by atoms with van der Waals surface area (Å²) >= 11 is 0. The molecule has 3 aromatic rings. The highest BCUT2D eigenvalue weighted by atomic mass is 16.1. The van der Waals surface area contributed by atoms with Crippen molar-refractivity contribution in [2.75, 3.05) is 5.32 Å². The minimum atomic E-state index is -0.198. The lowest BCUT2D eigenvalue weighted by molar-refractivity contribution is 0.0977. The fraction of sp³-hybridized carbons (Fsp3) is 0.0476. The molecule has 0 bridgehead atoms. The Bertz CT molecular complexity index is 831. The molecule has 0 saturated heterocycles. The number of hydrogen-bond acceptors (Lipinski definition) is 2. The van der Waals surface area contributed by atoms with E-state index in [2.05, 4.69) is 15.6 Å². The van der Waals surface area contributed by atoms with Gasteiger partial charge in [-0.2, -0.15) is 0 Å². The van der Waals surface area contributed by atoms with Crippen molar-refractivity contribution < 1.29 is 4.79 Å². The molecule has 0 heterocycles. The summed E-state index contributed by atoms with van der Waals surface area (Å²) in [7, 11) is 0. The third-order valence-corrected chi connectivity index (χ3v) is 3.57. The van der Waals surface area contributed by atoms with E-state index in [0.717, 1.165) is 11.3 Å². The molecule has 0 aliphatic heterocycles. The maximum atomic E-state index is 12.4. The van der Waals surface area contributed by atoms with Gasteiger partial charge < -0.3 is 5.32 Å². The van der Waals surface area contributed by atoms with Crippen LogP contribution in [0.1, 0.15) is 15.9 Å². The Morgan fingerprint density at radius 2 is 1.32 bits per heavy atom. The van der Waals surface area contributed by atoms with Crippen molar-refractivity contribution in [3.05, 3.63) is 102 Å². The molecule has 0 fully saturated rings. The first kappa shape index (κ1) is 16.5. The fourth-order valence-electron chi connectivity index (χ4n) is 2.29. The minimum Gasteiger partial charge on any atom is -0.326 e. The van der Waals surface area contributed by atoms with Gasteiger partial charge in [-0.05, 0) is 29.8 Å². The van der Waals surface area contributed by atoms with Crippen molar-refractivity contribution in [2.24, 2.45) is 4.99 Å². The van der Waals surface area contributed by atoms with Crippen molar-refractivity contribution in [2.45, 2.75) is 6.54 Å². The lowest BCUT2D eigenvalue weighted by Crippen LogP contribution is -2.36. The molecule has 0 aromatic heterocycles. The summed E-state index contributed by atoms with van der Waals surface area (Å²) in [6.07, 6.45) is 0. The van der Waals surface area contributed by atoms with Gasteiger partial charge in [0, 0.05) is 11.3 Å². The van der Waals surface area contributed by atoms with Gasteiger partial charge in [-0.25, -0.2) is 4.99 Å². The zero-order valence-electron chi connectivity index (χ0n) is 13.7. The van der Waals surface area contributed by atoms with E-state index < -0.39 is 0 Å². The second-order valence-corrected chi connectivity index (χ2v) is 5.46. The van der Waals surface area contributed by atoms with Crippen molar-refractivity contribution in [1.82, 2.24) is 5.32 Å². The summed E-state index contributed by atoms with van der Waals surface area (Å²) in [4.78, 5) is 17.0. The molecule has 4 heteroatoms. The summed E-state index contributed by atoms with van der Waals surface area (Å²) in [5.41, 5.74) is 2.52. The molecule has 0 unspecified atom stereocenters. The van der Waals surface area contributed by atoms with Crippen molar-refractivity contribution in [1.29, 1.82) is 0 Å². The summed E-state index contributed by atoms with van der Waals surface area (Å²) < 4.78 is 0.